The van der Waals surface area contributed by atoms with E-state index in [1.54, 1.807) is 7.11 Å². The topological polar surface area (TPSA) is 44.8 Å². The normalized spacial score (nSPS) is 20.0. The maximum atomic E-state index is 13.0. The molecule has 2 aliphatic rings. The van der Waals surface area contributed by atoms with Gasteiger partial charge in [-0.25, -0.2) is 0 Å². The molecular weight excluding hydrogens is 352 g/mol. The van der Waals surface area contributed by atoms with Gasteiger partial charge in [-0.3, -0.25) is 4.79 Å². The van der Waals surface area contributed by atoms with Crippen LogP contribution in [0.25, 0.3) is 0 Å². The first kappa shape index (κ1) is 16.9. The van der Waals surface area contributed by atoms with E-state index in [0.717, 1.165) is 22.4 Å². The lowest BCUT2D eigenvalue weighted by atomic mass is 9.68. The molecule has 4 nitrogen and oxygen atoms in total. The molecule has 1 heterocycles. The van der Waals surface area contributed by atoms with Gasteiger partial charge < -0.3 is 14.2 Å². The Bertz CT molecular complexity index is 1020. The van der Waals surface area contributed by atoms with Crippen LogP contribution in [-0.4, -0.2) is 19.7 Å². The van der Waals surface area contributed by atoms with Crippen molar-refractivity contribution in [1.82, 2.24) is 0 Å². The molecule has 3 aromatic rings. The number of ether oxygens (including phenoxy) is 3. The monoisotopic (exact) mass is 372 g/mol. The van der Waals surface area contributed by atoms with Crippen molar-refractivity contribution in [2.45, 2.75) is 18.3 Å². The van der Waals surface area contributed by atoms with Crippen LogP contribution in [0, 0.1) is 0 Å². The van der Waals surface area contributed by atoms with Crippen molar-refractivity contribution in [2.24, 2.45) is 0 Å². The molecular formula is C24H20O4. The molecule has 0 N–H and O–H groups in total. The summed E-state index contributed by atoms with van der Waals surface area (Å²) in [6.45, 7) is 0.196. The van der Waals surface area contributed by atoms with E-state index in [0.29, 0.717) is 17.9 Å². The molecule has 0 saturated heterocycles. The molecule has 0 saturated carbocycles. The van der Waals surface area contributed by atoms with Crippen molar-refractivity contribution in [3.05, 3.63) is 89.0 Å². The summed E-state index contributed by atoms with van der Waals surface area (Å²) < 4.78 is 16.4. The number of hydrogen-bond acceptors (Lipinski definition) is 4. The molecule has 0 amide bonds. The molecule has 0 radical (unpaired) electrons. The Morgan fingerprint density at radius 1 is 0.893 bits per heavy atom. The number of Topliss-reactive ketones (excluding diaryl/α,β-unsaturated/α-hetero) is 1. The predicted molar refractivity (Wildman–Crippen MR) is 106 cm³/mol. The molecule has 3 aromatic carbocycles. The van der Waals surface area contributed by atoms with Crippen LogP contribution in [0.5, 0.6) is 17.2 Å². The summed E-state index contributed by atoms with van der Waals surface area (Å²) in [4.78, 5) is 13.0. The third kappa shape index (κ3) is 2.73. The predicted octanol–water partition coefficient (Wildman–Crippen LogP) is 4.93. The highest BCUT2D eigenvalue weighted by molar-refractivity contribution is 6.00. The molecule has 28 heavy (non-hydrogen) atoms. The number of ketones is 1. The Morgan fingerprint density at radius 2 is 1.61 bits per heavy atom. The highest BCUT2D eigenvalue weighted by Gasteiger charge is 2.37. The van der Waals surface area contributed by atoms with E-state index in [1.165, 1.54) is 5.56 Å². The van der Waals surface area contributed by atoms with Crippen LogP contribution in [0.2, 0.25) is 0 Å². The maximum absolute atomic E-state index is 13.0. The van der Waals surface area contributed by atoms with E-state index in [1.807, 2.05) is 42.5 Å². The van der Waals surface area contributed by atoms with Gasteiger partial charge in [-0.15, -0.1) is 0 Å². The first-order valence-electron chi connectivity index (χ1n) is 9.40. The second kappa shape index (κ2) is 6.71. The first-order chi connectivity index (χ1) is 13.7. The maximum Gasteiger partial charge on any atom is 0.231 e. The molecule has 140 valence electrons. The van der Waals surface area contributed by atoms with Crippen LogP contribution in [0.4, 0.5) is 0 Å². The minimum Gasteiger partial charge on any atom is -0.497 e. The molecule has 0 bridgehead atoms. The van der Waals surface area contributed by atoms with Crippen molar-refractivity contribution in [3.63, 3.8) is 0 Å². The van der Waals surface area contributed by atoms with E-state index in [2.05, 4.69) is 24.3 Å². The minimum atomic E-state index is 0.0514. The zero-order valence-electron chi connectivity index (χ0n) is 15.6. The van der Waals surface area contributed by atoms with Crippen molar-refractivity contribution in [2.75, 3.05) is 13.9 Å². The number of rotatable bonds is 3. The van der Waals surface area contributed by atoms with Gasteiger partial charge >= 0.3 is 0 Å². The highest BCUT2D eigenvalue weighted by Crippen LogP contribution is 2.49. The van der Waals surface area contributed by atoms with Crippen LogP contribution >= 0.6 is 0 Å². The molecule has 0 spiro atoms. The molecule has 4 heteroatoms. The lowest BCUT2D eigenvalue weighted by Crippen LogP contribution is -2.24. The summed E-state index contributed by atoms with van der Waals surface area (Å²) >= 11 is 0. The van der Waals surface area contributed by atoms with Gasteiger partial charge in [0.1, 0.15) is 5.75 Å². The second-order valence-electron chi connectivity index (χ2n) is 7.19. The van der Waals surface area contributed by atoms with Gasteiger partial charge in [0, 0.05) is 23.8 Å². The van der Waals surface area contributed by atoms with E-state index < -0.39 is 0 Å². The Hall–Kier alpha value is -3.27. The van der Waals surface area contributed by atoms with Crippen LogP contribution in [0.15, 0.2) is 66.7 Å². The largest absolute Gasteiger partial charge is 0.497 e. The Labute approximate surface area is 163 Å². The summed E-state index contributed by atoms with van der Waals surface area (Å²) in [6.07, 6.45) is 0.466. The van der Waals surface area contributed by atoms with Gasteiger partial charge in [0.05, 0.1) is 7.11 Å². The second-order valence-corrected chi connectivity index (χ2v) is 7.19. The lowest BCUT2D eigenvalue weighted by Gasteiger charge is -2.34. The van der Waals surface area contributed by atoms with Gasteiger partial charge in [-0.05, 0) is 41.0 Å². The fourth-order valence-electron chi connectivity index (χ4n) is 4.33. The summed E-state index contributed by atoms with van der Waals surface area (Å²) in [6, 6.07) is 22.2. The Balaban J connectivity index is 1.69. The van der Waals surface area contributed by atoms with E-state index in [4.69, 9.17) is 14.2 Å². The van der Waals surface area contributed by atoms with Crippen molar-refractivity contribution >= 4 is 5.78 Å². The van der Waals surface area contributed by atoms with Crippen LogP contribution in [0.1, 0.15) is 45.3 Å². The Kier molecular flexibility index (Phi) is 4.05. The van der Waals surface area contributed by atoms with Crippen LogP contribution in [-0.2, 0) is 0 Å². The van der Waals surface area contributed by atoms with E-state index in [-0.39, 0.29) is 24.4 Å². The third-order valence-electron chi connectivity index (χ3n) is 5.69. The van der Waals surface area contributed by atoms with Crippen LogP contribution < -0.4 is 14.2 Å². The zero-order valence-corrected chi connectivity index (χ0v) is 15.6. The van der Waals surface area contributed by atoms with Crippen LogP contribution in [0.3, 0.4) is 0 Å². The average Bonchev–Trinajstić information content (AvgIpc) is 3.21. The number of benzene rings is 3. The number of hydrogen-bond donors (Lipinski definition) is 0. The summed E-state index contributed by atoms with van der Waals surface area (Å²) in [5.41, 5.74) is 4.05. The quantitative estimate of drug-likeness (QED) is 0.654. The van der Waals surface area contributed by atoms with Gasteiger partial charge in [-0.2, -0.15) is 0 Å². The molecule has 1 aliphatic heterocycles. The molecule has 5 rings (SSSR count). The fourth-order valence-corrected chi connectivity index (χ4v) is 4.33. The van der Waals surface area contributed by atoms with Crippen molar-refractivity contribution in [1.29, 1.82) is 0 Å². The average molecular weight is 372 g/mol. The zero-order chi connectivity index (χ0) is 19.1. The summed E-state index contributed by atoms with van der Waals surface area (Å²) in [7, 11) is 1.66. The van der Waals surface area contributed by atoms with Gasteiger partial charge in [-0.1, -0.05) is 42.5 Å². The van der Waals surface area contributed by atoms with Crippen molar-refractivity contribution < 1.29 is 19.0 Å². The molecule has 0 fully saturated rings. The fraction of sp³-hybridized carbons (Fsp3) is 0.208. The Morgan fingerprint density at radius 3 is 2.32 bits per heavy atom. The van der Waals surface area contributed by atoms with Crippen molar-refractivity contribution in [3.8, 4) is 17.2 Å². The lowest BCUT2D eigenvalue weighted by molar-refractivity contribution is 0.0959. The van der Waals surface area contributed by atoms with E-state index >= 15 is 0 Å². The SMILES string of the molecule is COc1ccc([C@H]2c3cc4c(cc3C(=O)C[C@@H]2c2ccccc2)OCO4)cc1. The van der Waals surface area contributed by atoms with Gasteiger partial charge in [0.2, 0.25) is 6.79 Å². The molecule has 0 unspecified atom stereocenters. The molecule has 1 aliphatic carbocycles. The number of methoxy groups -OCH3 is 1. The summed E-state index contributed by atoms with van der Waals surface area (Å²) in [5.74, 6) is 2.44. The minimum absolute atomic E-state index is 0.0514. The van der Waals surface area contributed by atoms with Gasteiger partial charge in [0.25, 0.3) is 0 Å². The number of fused-ring (bicyclic) bond motifs is 2. The molecule has 0 aromatic heterocycles. The van der Waals surface area contributed by atoms with Gasteiger partial charge in [0.15, 0.2) is 17.3 Å². The standard InChI is InChI=1S/C24H20O4/c1-26-17-9-7-16(8-10-17)24-18(15-5-3-2-4-6-15)11-21(25)19-12-22-23(13-20(19)24)28-14-27-22/h2-10,12-13,18,24H,11,14H2,1H3/t18-,24-/m1/s1. The summed E-state index contributed by atoms with van der Waals surface area (Å²) in [5, 5.41) is 0. The first-order valence-corrected chi connectivity index (χ1v) is 9.40. The number of carbonyl (C=O) groups is 1. The highest BCUT2D eigenvalue weighted by atomic mass is 16.7. The smallest absolute Gasteiger partial charge is 0.231 e. The molecule has 2 atom stereocenters. The number of carbonyl (C=O) groups excluding carboxylic acids is 1. The third-order valence-corrected chi connectivity index (χ3v) is 5.69. The van der Waals surface area contributed by atoms with E-state index in [9.17, 15) is 4.79 Å².